The zero-order valence-corrected chi connectivity index (χ0v) is 15.5. The summed E-state index contributed by atoms with van der Waals surface area (Å²) >= 11 is 12.0. The summed E-state index contributed by atoms with van der Waals surface area (Å²) in [5.74, 6) is 0.345. The highest BCUT2D eigenvalue weighted by Crippen LogP contribution is 2.16. The molecule has 1 amide bonds. The van der Waals surface area contributed by atoms with Crippen LogP contribution < -0.4 is 10.1 Å². The molecule has 3 rings (SSSR count). The minimum absolute atomic E-state index is 0.0998. The van der Waals surface area contributed by atoms with E-state index in [-0.39, 0.29) is 19.2 Å². The molecule has 0 fully saturated rings. The van der Waals surface area contributed by atoms with E-state index in [9.17, 15) is 4.79 Å². The number of ether oxygens (including phenoxy) is 1. The lowest BCUT2D eigenvalue weighted by Gasteiger charge is -2.10. The van der Waals surface area contributed by atoms with E-state index >= 15 is 0 Å². The fraction of sp³-hybridized carbons (Fsp3) is 0.235. The summed E-state index contributed by atoms with van der Waals surface area (Å²) in [5.41, 5.74) is 0.996. The van der Waals surface area contributed by atoms with E-state index in [0.717, 1.165) is 0 Å². The first-order valence-electron chi connectivity index (χ1n) is 7.97. The van der Waals surface area contributed by atoms with Crippen LogP contribution in [-0.4, -0.2) is 25.5 Å². The number of rotatable bonds is 7. The van der Waals surface area contributed by atoms with Gasteiger partial charge in [0.05, 0.1) is 11.6 Å². The highest BCUT2D eigenvalue weighted by molar-refractivity contribution is 6.31. The fourth-order valence-electron chi connectivity index (χ4n) is 2.27. The Kier molecular flexibility index (Phi) is 5.80. The molecule has 2 heterocycles. The van der Waals surface area contributed by atoms with Gasteiger partial charge in [0.25, 0.3) is 5.91 Å². The van der Waals surface area contributed by atoms with E-state index in [2.05, 4.69) is 15.5 Å². The zero-order chi connectivity index (χ0) is 18.5. The second-order valence-electron chi connectivity index (χ2n) is 5.41. The normalized spacial score (nSPS) is 10.7. The molecule has 0 saturated carbocycles. The van der Waals surface area contributed by atoms with Gasteiger partial charge in [-0.15, -0.1) is 0 Å². The maximum Gasteiger partial charge on any atom is 0.270 e. The third-order valence-corrected chi connectivity index (χ3v) is 4.21. The Labute approximate surface area is 160 Å². The fourth-order valence-corrected chi connectivity index (χ4v) is 2.61. The number of carbonyl (C=O) groups excluding carboxylic acids is 1. The molecule has 3 aromatic rings. The predicted molar refractivity (Wildman–Crippen MR) is 98.4 cm³/mol. The Morgan fingerprint density at radius 3 is 2.69 bits per heavy atom. The first kappa shape index (κ1) is 18.3. The molecule has 0 aliphatic rings. The van der Waals surface area contributed by atoms with Gasteiger partial charge in [-0.1, -0.05) is 23.2 Å². The molecule has 0 unspecified atom stereocenters. The average molecular weight is 394 g/mol. The molecular weight excluding hydrogens is 377 g/mol. The third kappa shape index (κ3) is 4.36. The lowest BCUT2D eigenvalue weighted by atomic mass is 10.3. The van der Waals surface area contributed by atoms with Crippen LogP contribution in [0.25, 0.3) is 0 Å². The molecule has 26 heavy (non-hydrogen) atoms. The van der Waals surface area contributed by atoms with Gasteiger partial charge in [-0.05, 0) is 37.3 Å². The minimum atomic E-state index is -0.288. The summed E-state index contributed by atoms with van der Waals surface area (Å²) in [5, 5.41) is 12.4. The molecule has 136 valence electrons. The van der Waals surface area contributed by atoms with Crippen LogP contribution in [-0.2, 0) is 19.8 Å². The molecule has 0 saturated heterocycles. The van der Waals surface area contributed by atoms with Gasteiger partial charge < -0.3 is 10.1 Å². The Morgan fingerprint density at radius 1 is 1.23 bits per heavy atom. The number of carbonyl (C=O) groups is 1. The van der Waals surface area contributed by atoms with Crippen molar-refractivity contribution in [2.24, 2.45) is 0 Å². The average Bonchev–Trinajstić information content (AvgIpc) is 3.25. The van der Waals surface area contributed by atoms with Crippen molar-refractivity contribution in [1.29, 1.82) is 0 Å². The third-order valence-electron chi connectivity index (χ3n) is 3.64. The summed E-state index contributed by atoms with van der Waals surface area (Å²) in [4.78, 5) is 12.4. The predicted octanol–water partition coefficient (Wildman–Crippen LogP) is 3.37. The van der Waals surface area contributed by atoms with Crippen molar-refractivity contribution >= 4 is 29.1 Å². The van der Waals surface area contributed by atoms with Gasteiger partial charge in [0.2, 0.25) is 0 Å². The summed E-state index contributed by atoms with van der Waals surface area (Å²) in [6, 6.07) is 8.57. The lowest BCUT2D eigenvalue weighted by molar-refractivity contribution is 0.0929. The van der Waals surface area contributed by atoms with Crippen molar-refractivity contribution in [2.45, 2.75) is 26.7 Å². The molecule has 0 bridgehead atoms. The van der Waals surface area contributed by atoms with Gasteiger partial charge in [0.1, 0.15) is 17.1 Å². The van der Waals surface area contributed by atoms with E-state index in [0.29, 0.717) is 33.7 Å². The molecule has 1 N–H and O–H groups in total. The second kappa shape index (κ2) is 8.25. The van der Waals surface area contributed by atoms with Crippen molar-refractivity contribution in [2.75, 3.05) is 0 Å². The van der Waals surface area contributed by atoms with E-state index < -0.39 is 0 Å². The van der Waals surface area contributed by atoms with Crippen molar-refractivity contribution in [3.8, 4) is 5.75 Å². The topological polar surface area (TPSA) is 74.0 Å². The van der Waals surface area contributed by atoms with Crippen LogP contribution in [0, 0.1) is 0 Å². The van der Waals surface area contributed by atoms with Gasteiger partial charge >= 0.3 is 0 Å². The first-order valence-corrected chi connectivity index (χ1v) is 8.72. The number of amides is 1. The Hall–Kier alpha value is -2.51. The standard InChI is InChI=1S/C17H17Cl2N5O2/c1-2-23-10-14(19)15(22-23)9-20-17(25)16-7-8-21-24(16)11-26-13-5-3-12(18)4-6-13/h3-8,10H,2,9,11H2,1H3,(H,20,25). The van der Waals surface area contributed by atoms with E-state index in [4.69, 9.17) is 27.9 Å². The molecule has 9 heteroatoms. The largest absolute Gasteiger partial charge is 0.471 e. The van der Waals surface area contributed by atoms with Gasteiger partial charge in [0.15, 0.2) is 6.73 Å². The monoisotopic (exact) mass is 393 g/mol. The van der Waals surface area contributed by atoms with E-state index in [1.807, 2.05) is 6.92 Å². The van der Waals surface area contributed by atoms with Crippen LogP contribution >= 0.6 is 23.2 Å². The number of halogens is 2. The van der Waals surface area contributed by atoms with Gasteiger partial charge in [-0.3, -0.25) is 9.48 Å². The molecule has 0 aliphatic heterocycles. The van der Waals surface area contributed by atoms with E-state index in [1.165, 1.54) is 4.68 Å². The summed E-state index contributed by atoms with van der Waals surface area (Å²) in [6.45, 7) is 3.00. The molecule has 2 aromatic heterocycles. The van der Waals surface area contributed by atoms with Crippen molar-refractivity contribution in [1.82, 2.24) is 24.9 Å². The lowest BCUT2D eigenvalue weighted by Crippen LogP contribution is -2.27. The Bertz CT molecular complexity index is 889. The van der Waals surface area contributed by atoms with Crippen LogP contribution in [0.3, 0.4) is 0 Å². The number of hydrogen-bond acceptors (Lipinski definition) is 4. The minimum Gasteiger partial charge on any atom is -0.471 e. The zero-order valence-electron chi connectivity index (χ0n) is 14.0. The number of nitrogens with zero attached hydrogens (tertiary/aromatic N) is 4. The van der Waals surface area contributed by atoms with Crippen LogP contribution in [0.4, 0.5) is 0 Å². The highest BCUT2D eigenvalue weighted by Gasteiger charge is 2.14. The number of aryl methyl sites for hydroxylation is 1. The van der Waals surface area contributed by atoms with Gasteiger partial charge in [-0.25, -0.2) is 4.68 Å². The molecule has 0 spiro atoms. The quantitative estimate of drug-likeness (QED) is 0.667. The number of hydrogen-bond donors (Lipinski definition) is 1. The van der Waals surface area contributed by atoms with E-state index in [1.54, 1.807) is 47.4 Å². The maximum atomic E-state index is 12.4. The maximum absolute atomic E-state index is 12.4. The van der Waals surface area contributed by atoms with Crippen LogP contribution in [0.2, 0.25) is 10.0 Å². The van der Waals surface area contributed by atoms with Crippen molar-refractivity contribution in [3.63, 3.8) is 0 Å². The molecule has 0 radical (unpaired) electrons. The van der Waals surface area contributed by atoms with Crippen LogP contribution in [0.5, 0.6) is 5.75 Å². The Balaban J connectivity index is 1.60. The summed E-state index contributed by atoms with van der Waals surface area (Å²) in [6.07, 6.45) is 3.27. The molecule has 0 atom stereocenters. The number of aromatic nitrogens is 4. The smallest absolute Gasteiger partial charge is 0.270 e. The van der Waals surface area contributed by atoms with Gasteiger partial charge in [0, 0.05) is 24.0 Å². The molecule has 7 nitrogen and oxygen atoms in total. The number of benzene rings is 1. The van der Waals surface area contributed by atoms with Crippen LogP contribution in [0.15, 0.2) is 42.7 Å². The second-order valence-corrected chi connectivity index (χ2v) is 6.25. The highest BCUT2D eigenvalue weighted by atomic mass is 35.5. The molecular formula is C17H17Cl2N5O2. The Morgan fingerprint density at radius 2 is 2.00 bits per heavy atom. The van der Waals surface area contributed by atoms with Gasteiger partial charge in [-0.2, -0.15) is 10.2 Å². The SMILES string of the molecule is CCn1cc(Cl)c(CNC(=O)c2ccnn2COc2ccc(Cl)cc2)n1. The number of nitrogens with one attached hydrogen (secondary N) is 1. The molecule has 1 aromatic carbocycles. The summed E-state index contributed by atoms with van der Waals surface area (Å²) in [7, 11) is 0. The molecule has 0 aliphatic carbocycles. The first-order chi connectivity index (χ1) is 12.6. The van der Waals surface area contributed by atoms with Crippen molar-refractivity contribution < 1.29 is 9.53 Å². The summed E-state index contributed by atoms with van der Waals surface area (Å²) < 4.78 is 8.81. The van der Waals surface area contributed by atoms with Crippen LogP contribution in [0.1, 0.15) is 23.1 Å². The van der Waals surface area contributed by atoms with Crippen molar-refractivity contribution in [3.05, 3.63) is 64.2 Å².